The van der Waals surface area contributed by atoms with Gasteiger partial charge in [-0.05, 0) is 17.7 Å². The number of nitrogens with two attached hydrogens (primary N) is 2. The van der Waals surface area contributed by atoms with Gasteiger partial charge < -0.3 is 16.6 Å². The van der Waals surface area contributed by atoms with Crippen LogP contribution in [0.5, 0.6) is 0 Å². The molecular formula is C10H14N2O2S. The molecule has 1 atom stereocenters. The van der Waals surface area contributed by atoms with Crippen LogP contribution in [-0.2, 0) is 11.4 Å². The molecular weight excluding hydrogens is 212 g/mol. The summed E-state index contributed by atoms with van der Waals surface area (Å²) in [5.41, 5.74) is 11.4. The first-order chi connectivity index (χ1) is 7.13. The van der Waals surface area contributed by atoms with Crippen molar-refractivity contribution in [3.8, 4) is 0 Å². The van der Waals surface area contributed by atoms with E-state index in [2.05, 4.69) is 0 Å². The van der Waals surface area contributed by atoms with Crippen LogP contribution < -0.4 is 11.5 Å². The van der Waals surface area contributed by atoms with Gasteiger partial charge in [-0.25, -0.2) is 0 Å². The van der Waals surface area contributed by atoms with Gasteiger partial charge in [0.25, 0.3) is 0 Å². The van der Waals surface area contributed by atoms with Crippen LogP contribution in [0.2, 0.25) is 0 Å². The minimum atomic E-state index is -0.618. The van der Waals surface area contributed by atoms with Crippen LogP contribution in [0, 0.1) is 0 Å². The van der Waals surface area contributed by atoms with Crippen LogP contribution in [0.25, 0.3) is 0 Å². The van der Waals surface area contributed by atoms with Gasteiger partial charge in [-0.3, -0.25) is 4.79 Å². The molecule has 1 aromatic rings. The number of hydrogen-bond acceptors (Lipinski definition) is 4. The summed E-state index contributed by atoms with van der Waals surface area (Å²) in [5.74, 6) is -0.0251. The lowest BCUT2D eigenvalue weighted by Gasteiger charge is -2.06. The quantitative estimate of drug-likeness (QED) is 0.620. The molecule has 5 N–H and O–H groups in total. The first kappa shape index (κ1) is 12.0. The number of amides is 1. The molecule has 0 heterocycles. The zero-order valence-electron chi connectivity index (χ0n) is 8.22. The van der Waals surface area contributed by atoms with Gasteiger partial charge in [-0.2, -0.15) is 0 Å². The van der Waals surface area contributed by atoms with E-state index >= 15 is 0 Å². The number of carbonyl (C=O) groups is 1. The van der Waals surface area contributed by atoms with Gasteiger partial charge in [-0.1, -0.05) is 12.1 Å². The number of carbonyl (C=O) groups excluding carboxylic acids is 1. The van der Waals surface area contributed by atoms with E-state index in [-0.39, 0.29) is 6.61 Å². The third-order valence-corrected chi connectivity index (χ3v) is 3.03. The molecule has 1 amide bonds. The monoisotopic (exact) mass is 226 g/mol. The van der Waals surface area contributed by atoms with Gasteiger partial charge in [0.15, 0.2) is 0 Å². The Morgan fingerprint density at radius 3 is 2.47 bits per heavy atom. The highest BCUT2D eigenvalue weighted by Crippen LogP contribution is 2.18. The van der Waals surface area contributed by atoms with E-state index in [1.54, 1.807) is 0 Å². The van der Waals surface area contributed by atoms with Gasteiger partial charge in [0.2, 0.25) is 5.91 Å². The summed E-state index contributed by atoms with van der Waals surface area (Å²) < 4.78 is 0. The summed E-state index contributed by atoms with van der Waals surface area (Å²) in [6.45, 7) is 0.0335. The lowest BCUT2D eigenvalue weighted by Crippen LogP contribution is -2.38. The highest BCUT2D eigenvalue weighted by atomic mass is 32.2. The molecule has 0 saturated heterocycles. The molecule has 0 saturated carbocycles. The van der Waals surface area contributed by atoms with E-state index in [4.69, 9.17) is 16.6 Å². The van der Waals surface area contributed by atoms with Crippen molar-refractivity contribution in [1.29, 1.82) is 0 Å². The number of primary amides is 1. The largest absolute Gasteiger partial charge is 0.392 e. The van der Waals surface area contributed by atoms with Crippen LogP contribution in [0.15, 0.2) is 29.2 Å². The van der Waals surface area contributed by atoms with Gasteiger partial charge >= 0.3 is 0 Å². The Morgan fingerprint density at radius 1 is 1.40 bits per heavy atom. The number of benzene rings is 1. The number of hydrogen-bond donors (Lipinski definition) is 3. The van der Waals surface area contributed by atoms with Crippen molar-refractivity contribution in [3.63, 3.8) is 0 Å². The summed E-state index contributed by atoms with van der Waals surface area (Å²) in [7, 11) is 0. The first-order valence-electron chi connectivity index (χ1n) is 4.51. The van der Waals surface area contributed by atoms with Gasteiger partial charge in [0, 0.05) is 10.6 Å². The summed E-state index contributed by atoms with van der Waals surface area (Å²) in [4.78, 5) is 11.7. The smallest absolute Gasteiger partial charge is 0.235 e. The molecule has 0 spiro atoms. The van der Waals surface area contributed by atoms with Crippen molar-refractivity contribution < 1.29 is 9.90 Å². The maximum absolute atomic E-state index is 10.7. The fourth-order valence-corrected chi connectivity index (χ4v) is 1.82. The highest BCUT2D eigenvalue weighted by molar-refractivity contribution is 7.99. The first-order valence-corrected chi connectivity index (χ1v) is 5.49. The minimum Gasteiger partial charge on any atom is -0.392 e. The van der Waals surface area contributed by atoms with E-state index in [0.29, 0.717) is 5.75 Å². The normalized spacial score (nSPS) is 12.4. The Labute approximate surface area is 92.6 Å². The Bertz CT molecular complexity index is 327. The van der Waals surface area contributed by atoms with Gasteiger partial charge in [0.05, 0.1) is 12.6 Å². The van der Waals surface area contributed by atoms with E-state index in [0.717, 1.165) is 10.5 Å². The molecule has 15 heavy (non-hydrogen) atoms. The fraction of sp³-hybridized carbons (Fsp3) is 0.300. The van der Waals surface area contributed by atoms with E-state index in [1.807, 2.05) is 24.3 Å². The lowest BCUT2D eigenvalue weighted by atomic mass is 10.2. The standard InChI is InChI=1S/C10H14N2O2S/c11-9(10(12)14)6-15-8-3-1-7(5-13)2-4-8/h1-4,9,13H,5-6,11H2,(H2,12,14). The summed E-state index contributed by atoms with van der Waals surface area (Å²) >= 11 is 1.47. The number of thioether (sulfide) groups is 1. The highest BCUT2D eigenvalue weighted by Gasteiger charge is 2.08. The predicted molar refractivity (Wildman–Crippen MR) is 60.3 cm³/mol. The van der Waals surface area contributed by atoms with Crippen molar-refractivity contribution >= 4 is 17.7 Å². The topological polar surface area (TPSA) is 89.3 Å². The van der Waals surface area contributed by atoms with Crippen LogP contribution in [0.3, 0.4) is 0 Å². The van der Waals surface area contributed by atoms with Crippen molar-refractivity contribution in [3.05, 3.63) is 29.8 Å². The maximum Gasteiger partial charge on any atom is 0.235 e. The molecule has 0 radical (unpaired) electrons. The summed E-state index contributed by atoms with van der Waals surface area (Å²) in [6, 6.07) is 6.80. The SMILES string of the molecule is NC(=O)C(N)CSc1ccc(CO)cc1. The Morgan fingerprint density at radius 2 is 2.00 bits per heavy atom. The van der Waals surface area contributed by atoms with Crippen molar-refractivity contribution in [2.24, 2.45) is 11.5 Å². The minimum absolute atomic E-state index is 0.0335. The van der Waals surface area contributed by atoms with Crippen molar-refractivity contribution in [2.75, 3.05) is 5.75 Å². The molecule has 1 aromatic carbocycles. The molecule has 5 heteroatoms. The number of aliphatic hydroxyl groups excluding tert-OH is 1. The summed E-state index contributed by atoms with van der Waals surface area (Å²) in [5, 5.41) is 8.83. The second-order valence-electron chi connectivity index (χ2n) is 3.12. The molecule has 0 aliphatic heterocycles. The maximum atomic E-state index is 10.7. The van der Waals surface area contributed by atoms with Gasteiger partial charge in [-0.15, -0.1) is 11.8 Å². The molecule has 4 nitrogen and oxygen atoms in total. The molecule has 0 bridgehead atoms. The molecule has 1 rings (SSSR count). The zero-order chi connectivity index (χ0) is 11.3. The third kappa shape index (κ3) is 3.91. The number of aliphatic hydroxyl groups is 1. The molecule has 0 aliphatic carbocycles. The van der Waals surface area contributed by atoms with Crippen LogP contribution >= 0.6 is 11.8 Å². The van der Waals surface area contributed by atoms with Crippen LogP contribution in [0.4, 0.5) is 0 Å². The van der Waals surface area contributed by atoms with Crippen LogP contribution in [0.1, 0.15) is 5.56 Å². The zero-order valence-corrected chi connectivity index (χ0v) is 9.04. The van der Waals surface area contributed by atoms with Crippen molar-refractivity contribution in [2.45, 2.75) is 17.5 Å². The molecule has 82 valence electrons. The second-order valence-corrected chi connectivity index (χ2v) is 4.22. The van der Waals surface area contributed by atoms with Crippen molar-refractivity contribution in [1.82, 2.24) is 0 Å². The second kappa shape index (κ2) is 5.75. The Hall–Kier alpha value is -1.04. The summed E-state index contributed by atoms with van der Waals surface area (Å²) in [6.07, 6.45) is 0. The van der Waals surface area contributed by atoms with Gasteiger partial charge in [0.1, 0.15) is 0 Å². The lowest BCUT2D eigenvalue weighted by molar-refractivity contribution is -0.118. The van der Waals surface area contributed by atoms with E-state index in [9.17, 15) is 4.79 Å². The third-order valence-electron chi connectivity index (χ3n) is 1.90. The average Bonchev–Trinajstić information content (AvgIpc) is 2.26. The Balaban J connectivity index is 2.47. The molecule has 0 fully saturated rings. The van der Waals surface area contributed by atoms with E-state index in [1.165, 1.54) is 11.8 Å². The average molecular weight is 226 g/mol. The molecule has 0 aliphatic rings. The molecule has 1 unspecified atom stereocenters. The van der Waals surface area contributed by atoms with E-state index < -0.39 is 11.9 Å². The Kier molecular flexibility index (Phi) is 4.61. The molecule has 0 aromatic heterocycles. The predicted octanol–water partition coefficient (Wildman–Crippen LogP) is 0.0836. The fourth-order valence-electron chi connectivity index (χ4n) is 0.959. The number of rotatable bonds is 5. The van der Waals surface area contributed by atoms with Crippen LogP contribution in [-0.4, -0.2) is 22.8 Å².